The van der Waals surface area contributed by atoms with Crippen molar-refractivity contribution in [1.29, 1.82) is 0 Å². The zero-order valence-electron chi connectivity index (χ0n) is 15.2. The van der Waals surface area contributed by atoms with Crippen molar-refractivity contribution in [2.75, 3.05) is 19.0 Å². The Balaban J connectivity index is 1.41. The van der Waals surface area contributed by atoms with E-state index in [1.54, 1.807) is 43.9 Å². The Kier molecular flexibility index (Phi) is 4.88. The highest BCUT2D eigenvalue weighted by Crippen LogP contribution is 2.26. The summed E-state index contributed by atoms with van der Waals surface area (Å²) >= 11 is 0. The second kappa shape index (κ2) is 7.63. The molecule has 0 fully saturated rings. The van der Waals surface area contributed by atoms with E-state index in [1.807, 2.05) is 0 Å². The van der Waals surface area contributed by atoms with Gasteiger partial charge in [-0.3, -0.25) is 14.6 Å². The van der Waals surface area contributed by atoms with Gasteiger partial charge in [0.25, 0.3) is 0 Å². The second-order valence-electron chi connectivity index (χ2n) is 6.50. The van der Waals surface area contributed by atoms with Crippen molar-refractivity contribution in [3.8, 4) is 11.5 Å². The molecule has 0 amide bonds. The monoisotopic (exact) mass is 366 g/mol. The lowest BCUT2D eigenvalue weighted by Crippen LogP contribution is -2.33. The maximum atomic E-state index is 9.77. The summed E-state index contributed by atoms with van der Waals surface area (Å²) in [4.78, 5) is 10.6. The molecule has 1 aromatic carbocycles. The van der Waals surface area contributed by atoms with E-state index in [1.165, 1.54) is 5.69 Å². The maximum Gasteiger partial charge on any atom is 0.144 e. The number of phenols is 1. The lowest BCUT2D eigenvalue weighted by atomic mass is 10.1. The molecule has 140 valence electrons. The topological polar surface area (TPSA) is 88.3 Å². The van der Waals surface area contributed by atoms with Gasteiger partial charge in [-0.2, -0.15) is 5.10 Å². The molecule has 1 aliphatic rings. The fourth-order valence-corrected chi connectivity index (χ4v) is 3.30. The predicted octanol–water partition coefficient (Wildman–Crippen LogP) is 2.02. The minimum Gasteiger partial charge on any atom is -0.508 e. The first-order valence-corrected chi connectivity index (χ1v) is 8.85. The summed E-state index contributed by atoms with van der Waals surface area (Å²) in [5, 5.41) is 17.7. The molecule has 2 aromatic heterocycles. The Bertz CT molecular complexity index is 912. The van der Waals surface area contributed by atoms with Crippen LogP contribution in [0.5, 0.6) is 11.5 Å². The highest BCUT2D eigenvalue weighted by Gasteiger charge is 2.20. The largest absolute Gasteiger partial charge is 0.508 e. The molecule has 0 unspecified atom stereocenters. The van der Waals surface area contributed by atoms with Crippen LogP contribution in [0.3, 0.4) is 0 Å². The van der Waals surface area contributed by atoms with Crippen LogP contribution in [0.25, 0.3) is 0 Å². The van der Waals surface area contributed by atoms with Gasteiger partial charge in [-0.1, -0.05) is 0 Å². The molecule has 0 aliphatic carbocycles. The van der Waals surface area contributed by atoms with E-state index in [2.05, 4.69) is 36.0 Å². The van der Waals surface area contributed by atoms with Crippen LogP contribution in [0, 0.1) is 0 Å². The molecule has 0 spiro atoms. The smallest absolute Gasteiger partial charge is 0.144 e. The Hall–Kier alpha value is -3.13. The first kappa shape index (κ1) is 17.3. The van der Waals surface area contributed by atoms with Gasteiger partial charge in [0.1, 0.15) is 17.3 Å². The van der Waals surface area contributed by atoms with Crippen LogP contribution in [-0.4, -0.2) is 43.4 Å². The predicted molar refractivity (Wildman–Crippen MR) is 100 cm³/mol. The molecule has 2 N–H and O–H groups in total. The number of rotatable bonds is 6. The van der Waals surface area contributed by atoms with E-state index < -0.39 is 0 Å². The van der Waals surface area contributed by atoms with Crippen molar-refractivity contribution >= 4 is 5.82 Å². The van der Waals surface area contributed by atoms with E-state index in [-0.39, 0.29) is 5.75 Å². The highest BCUT2D eigenvalue weighted by atomic mass is 16.5. The number of nitrogens with zero attached hydrogens (tertiary/aromatic N) is 5. The summed E-state index contributed by atoms with van der Waals surface area (Å²) in [7, 11) is 1.65. The number of ether oxygens (including phenoxy) is 1. The number of hydrogen-bond donors (Lipinski definition) is 2. The molecular formula is C19H22N6O2. The molecule has 0 atom stereocenters. The van der Waals surface area contributed by atoms with Gasteiger partial charge in [0.05, 0.1) is 37.8 Å². The van der Waals surface area contributed by atoms with Gasteiger partial charge in [0.2, 0.25) is 0 Å². The first-order valence-electron chi connectivity index (χ1n) is 8.85. The van der Waals surface area contributed by atoms with Gasteiger partial charge < -0.3 is 15.2 Å². The zero-order valence-corrected chi connectivity index (χ0v) is 15.2. The third-order valence-corrected chi connectivity index (χ3v) is 4.60. The average molecular weight is 366 g/mol. The van der Waals surface area contributed by atoms with Gasteiger partial charge in [-0.25, -0.2) is 4.98 Å². The Morgan fingerprint density at radius 1 is 1.22 bits per heavy atom. The second-order valence-corrected chi connectivity index (χ2v) is 6.50. The number of fused-ring (bicyclic) bond motifs is 1. The number of benzene rings is 1. The molecule has 27 heavy (non-hydrogen) atoms. The van der Waals surface area contributed by atoms with Crippen molar-refractivity contribution in [1.82, 2.24) is 24.6 Å². The van der Waals surface area contributed by atoms with Crippen LogP contribution < -0.4 is 10.1 Å². The van der Waals surface area contributed by atoms with Crippen molar-refractivity contribution < 1.29 is 9.84 Å². The lowest BCUT2D eigenvalue weighted by Gasteiger charge is -2.28. The van der Waals surface area contributed by atoms with Gasteiger partial charge in [0, 0.05) is 37.6 Å². The maximum absolute atomic E-state index is 9.77. The number of hydrogen-bond acceptors (Lipinski definition) is 7. The van der Waals surface area contributed by atoms with Crippen molar-refractivity contribution in [3.63, 3.8) is 0 Å². The average Bonchev–Trinajstić information content (AvgIpc) is 3.10. The number of anilines is 1. The Labute approximate surface area is 157 Å². The third kappa shape index (κ3) is 4.01. The number of aromatic hydroxyl groups is 1. The van der Waals surface area contributed by atoms with Crippen LogP contribution in [0.15, 0.2) is 42.9 Å². The highest BCUT2D eigenvalue weighted by molar-refractivity contribution is 5.39. The summed E-state index contributed by atoms with van der Waals surface area (Å²) in [6.07, 6.45) is 5.00. The molecule has 3 heterocycles. The molecule has 3 aromatic rings. The van der Waals surface area contributed by atoms with Gasteiger partial charge in [0.15, 0.2) is 0 Å². The van der Waals surface area contributed by atoms with Gasteiger partial charge in [-0.15, -0.1) is 0 Å². The lowest BCUT2D eigenvalue weighted by molar-refractivity contribution is 0.202. The van der Waals surface area contributed by atoms with Crippen LogP contribution in [0.2, 0.25) is 0 Å². The summed E-state index contributed by atoms with van der Waals surface area (Å²) in [5.74, 6) is 1.78. The van der Waals surface area contributed by atoms with E-state index in [0.717, 1.165) is 49.0 Å². The van der Waals surface area contributed by atoms with Crippen molar-refractivity contribution in [3.05, 3.63) is 59.8 Å². The SMILES string of the molecule is COc1ccc(O)cc1CN1CCn2nc(CNc3cnccn3)cc2C1. The normalized spacial score (nSPS) is 14.0. The fourth-order valence-electron chi connectivity index (χ4n) is 3.30. The number of nitrogens with one attached hydrogen (secondary N) is 1. The molecule has 8 nitrogen and oxygen atoms in total. The van der Waals surface area contributed by atoms with Crippen LogP contribution >= 0.6 is 0 Å². The molecule has 0 bridgehead atoms. The van der Waals surface area contributed by atoms with Gasteiger partial charge in [-0.05, 0) is 24.3 Å². The summed E-state index contributed by atoms with van der Waals surface area (Å²) in [6, 6.07) is 7.33. The van der Waals surface area contributed by atoms with Crippen molar-refractivity contribution in [2.45, 2.75) is 26.2 Å². The standard InChI is InChI=1S/C19H22N6O2/c1-27-18-3-2-17(26)8-14(18)12-24-6-7-25-16(13-24)9-15(23-25)10-22-19-11-20-4-5-21-19/h2-5,8-9,11,26H,6-7,10,12-13H2,1H3,(H,21,22). The van der Waals surface area contributed by atoms with Crippen LogP contribution in [-0.2, 0) is 26.2 Å². The van der Waals surface area contributed by atoms with Crippen LogP contribution in [0.1, 0.15) is 17.0 Å². The van der Waals surface area contributed by atoms with Crippen LogP contribution in [0.4, 0.5) is 5.82 Å². The summed E-state index contributed by atoms with van der Waals surface area (Å²) < 4.78 is 7.47. The molecule has 8 heteroatoms. The number of methoxy groups -OCH3 is 1. The quantitative estimate of drug-likeness (QED) is 0.690. The molecule has 0 saturated carbocycles. The zero-order chi connectivity index (χ0) is 18.6. The molecule has 4 rings (SSSR count). The molecule has 1 aliphatic heterocycles. The van der Waals surface area contributed by atoms with Gasteiger partial charge >= 0.3 is 0 Å². The van der Waals surface area contributed by atoms with E-state index in [9.17, 15) is 5.11 Å². The van der Waals surface area contributed by atoms with E-state index in [4.69, 9.17) is 4.74 Å². The number of aromatic nitrogens is 4. The van der Waals surface area contributed by atoms with E-state index in [0.29, 0.717) is 6.54 Å². The minimum atomic E-state index is 0.255. The Morgan fingerprint density at radius 2 is 2.15 bits per heavy atom. The fraction of sp³-hybridized carbons (Fsp3) is 0.316. The van der Waals surface area contributed by atoms with Crippen molar-refractivity contribution in [2.24, 2.45) is 0 Å². The first-order chi connectivity index (χ1) is 13.2. The van der Waals surface area contributed by atoms with E-state index >= 15 is 0 Å². The Morgan fingerprint density at radius 3 is 2.96 bits per heavy atom. The third-order valence-electron chi connectivity index (χ3n) is 4.60. The molecular weight excluding hydrogens is 344 g/mol. The summed E-state index contributed by atoms with van der Waals surface area (Å²) in [5.41, 5.74) is 3.14. The minimum absolute atomic E-state index is 0.255. The number of phenolic OH excluding ortho intramolecular Hbond substituents is 1. The summed E-state index contributed by atoms with van der Waals surface area (Å²) in [6.45, 7) is 3.86. The molecule has 0 saturated heterocycles. The molecule has 0 radical (unpaired) electrons.